The molecule has 0 saturated heterocycles. The topological polar surface area (TPSA) is 59.1 Å². The molecule has 1 unspecified atom stereocenters. The number of aliphatic hydroxyl groups excluding tert-OH is 1. The third-order valence-corrected chi connectivity index (χ3v) is 1.79. The summed E-state index contributed by atoms with van der Waals surface area (Å²) in [5.74, 6) is 0. The first kappa shape index (κ1) is 9.16. The van der Waals surface area contributed by atoms with Crippen molar-refractivity contribution in [3.8, 4) is 0 Å². The second kappa shape index (κ2) is 4.18. The molecule has 0 aliphatic carbocycles. The molecule has 66 valence electrons. The fourth-order valence-corrected chi connectivity index (χ4v) is 0.931. The smallest absolute Gasteiger partial charge is 0.0666 e. The van der Waals surface area contributed by atoms with Crippen LogP contribution in [0.25, 0.3) is 0 Å². The predicted molar refractivity (Wildman–Crippen MR) is 47.6 cm³/mol. The Hall–Kier alpha value is -0.930. The highest BCUT2D eigenvalue weighted by atomic mass is 16.3. The third-order valence-electron chi connectivity index (χ3n) is 1.79. The fourth-order valence-electron chi connectivity index (χ4n) is 0.931. The van der Waals surface area contributed by atoms with E-state index in [4.69, 9.17) is 10.8 Å². The zero-order valence-corrected chi connectivity index (χ0v) is 7.14. The van der Waals surface area contributed by atoms with Crippen molar-refractivity contribution in [3.63, 3.8) is 0 Å². The molecule has 3 heteroatoms. The highest BCUT2D eigenvalue weighted by Crippen LogP contribution is 2.00. The van der Waals surface area contributed by atoms with Gasteiger partial charge in [0.2, 0.25) is 0 Å². The summed E-state index contributed by atoms with van der Waals surface area (Å²) >= 11 is 0. The molecule has 0 spiro atoms. The third kappa shape index (κ3) is 2.60. The predicted octanol–water partition coefficient (Wildman–Crippen LogP) is 0.332. The lowest BCUT2D eigenvalue weighted by atomic mass is 10.1. The highest BCUT2D eigenvalue weighted by molar-refractivity contribution is 5.05. The van der Waals surface area contributed by atoms with Gasteiger partial charge in [0.25, 0.3) is 0 Å². The van der Waals surface area contributed by atoms with Crippen LogP contribution in [0.2, 0.25) is 0 Å². The Morgan fingerprint density at radius 3 is 2.83 bits per heavy atom. The van der Waals surface area contributed by atoms with E-state index >= 15 is 0 Å². The van der Waals surface area contributed by atoms with Gasteiger partial charge in [-0.3, -0.25) is 4.98 Å². The van der Waals surface area contributed by atoms with Crippen LogP contribution in [-0.2, 0) is 6.42 Å². The standard InChI is InChI=1S/C9H14N2O/c1-7(12)9(10)6-8-4-2-3-5-11-8/h2-5,7,9,12H,6,10H2,1H3/t7?,9-/m1/s1. The van der Waals surface area contributed by atoms with Gasteiger partial charge in [-0.15, -0.1) is 0 Å². The van der Waals surface area contributed by atoms with Gasteiger partial charge in [0.1, 0.15) is 0 Å². The first-order chi connectivity index (χ1) is 5.70. The highest BCUT2D eigenvalue weighted by Gasteiger charge is 2.09. The molecule has 12 heavy (non-hydrogen) atoms. The van der Waals surface area contributed by atoms with Crippen LogP contribution in [0.4, 0.5) is 0 Å². The fraction of sp³-hybridized carbons (Fsp3) is 0.444. The number of nitrogens with zero attached hydrogens (tertiary/aromatic N) is 1. The Balaban J connectivity index is 2.53. The monoisotopic (exact) mass is 166 g/mol. The molecule has 0 aliphatic rings. The SMILES string of the molecule is CC(O)[C@H](N)Cc1ccccn1. The molecule has 0 radical (unpaired) electrons. The van der Waals surface area contributed by atoms with Crippen molar-refractivity contribution in [2.75, 3.05) is 0 Å². The molecule has 0 bridgehead atoms. The Labute approximate surface area is 72.2 Å². The van der Waals surface area contributed by atoms with Gasteiger partial charge in [0.15, 0.2) is 0 Å². The Kier molecular flexibility index (Phi) is 3.19. The quantitative estimate of drug-likeness (QED) is 0.680. The van der Waals surface area contributed by atoms with Crippen LogP contribution in [0.3, 0.4) is 0 Å². The maximum absolute atomic E-state index is 9.13. The summed E-state index contributed by atoms with van der Waals surface area (Å²) in [5.41, 5.74) is 6.58. The Morgan fingerprint density at radius 2 is 2.33 bits per heavy atom. The molecular formula is C9H14N2O. The van der Waals surface area contributed by atoms with Gasteiger partial charge in [-0.25, -0.2) is 0 Å². The van der Waals surface area contributed by atoms with E-state index in [1.807, 2.05) is 18.2 Å². The number of pyridine rings is 1. The molecule has 1 aromatic rings. The van der Waals surface area contributed by atoms with Crippen LogP contribution < -0.4 is 5.73 Å². The van der Waals surface area contributed by atoms with Crippen molar-refractivity contribution in [1.29, 1.82) is 0 Å². The van der Waals surface area contributed by atoms with E-state index in [1.165, 1.54) is 0 Å². The number of hydrogen-bond donors (Lipinski definition) is 2. The van der Waals surface area contributed by atoms with E-state index in [-0.39, 0.29) is 6.04 Å². The molecular weight excluding hydrogens is 152 g/mol. The summed E-state index contributed by atoms with van der Waals surface area (Å²) < 4.78 is 0. The zero-order valence-electron chi connectivity index (χ0n) is 7.14. The van der Waals surface area contributed by atoms with E-state index < -0.39 is 6.10 Å². The van der Waals surface area contributed by atoms with E-state index in [2.05, 4.69) is 4.98 Å². The second-order valence-electron chi connectivity index (χ2n) is 2.93. The summed E-state index contributed by atoms with van der Waals surface area (Å²) in [7, 11) is 0. The number of rotatable bonds is 3. The van der Waals surface area contributed by atoms with Crippen molar-refractivity contribution >= 4 is 0 Å². The van der Waals surface area contributed by atoms with Gasteiger partial charge >= 0.3 is 0 Å². The lowest BCUT2D eigenvalue weighted by molar-refractivity contribution is 0.163. The molecule has 0 aliphatic heterocycles. The lowest BCUT2D eigenvalue weighted by Gasteiger charge is -2.13. The molecule has 3 nitrogen and oxygen atoms in total. The molecule has 0 fully saturated rings. The maximum atomic E-state index is 9.13. The largest absolute Gasteiger partial charge is 0.392 e. The van der Waals surface area contributed by atoms with Gasteiger partial charge in [-0.1, -0.05) is 6.07 Å². The number of hydrogen-bond acceptors (Lipinski definition) is 3. The summed E-state index contributed by atoms with van der Waals surface area (Å²) in [5, 5.41) is 9.13. The van der Waals surface area contributed by atoms with E-state index in [0.717, 1.165) is 5.69 Å². The number of aliphatic hydroxyl groups is 1. The number of aromatic nitrogens is 1. The molecule has 1 aromatic heterocycles. The van der Waals surface area contributed by atoms with Crippen LogP contribution in [0, 0.1) is 0 Å². The van der Waals surface area contributed by atoms with Crippen molar-refractivity contribution in [1.82, 2.24) is 4.98 Å². The first-order valence-electron chi connectivity index (χ1n) is 4.03. The lowest BCUT2D eigenvalue weighted by Crippen LogP contribution is -2.34. The minimum Gasteiger partial charge on any atom is -0.392 e. The average molecular weight is 166 g/mol. The molecule has 1 rings (SSSR count). The summed E-state index contributed by atoms with van der Waals surface area (Å²) in [6.07, 6.45) is 1.87. The minimum atomic E-state index is -0.480. The molecule has 1 heterocycles. The van der Waals surface area contributed by atoms with Gasteiger partial charge in [-0.2, -0.15) is 0 Å². The van der Waals surface area contributed by atoms with Crippen LogP contribution in [0.15, 0.2) is 24.4 Å². The van der Waals surface area contributed by atoms with Gasteiger partial charge in [-0.05, 0) is 19.1 Å². The molecule has 2 atom stereocenters. The van der Waals surface area contributed by atoms with Crippen LogP contribution in [0.1, 0.15) is 12.6 Å². The van der Waals surface area contributed by atoms with Crippen molar-refractivity contribution in [2.24, 2.45) is 5.73 Å². The Morgan fingerprint density at radius 1 is 1.58 bits per heavy atom. The van der Waals surface area contributed by atoms with Crippen molar-refractivity contribution in [2.45, 2.75) is 25.5 Å². The summed E-state index contributed by atoms with van der Waals surface area (Å²) in [4.78, 5) is 4.11. The minimum absolute atomic E-state index is 0.222. The van der Waals surface area contributed by atoms with Crippen LogP contribution in [-0.4, -0.2) is 22.2 Å². The Bertz CT molecular complexity index is 223. The van der Waals surface area contributed by atoms with E-state index in [1.54, 1.807) is 13.1 Å². The van der Waals surface area contributed by atoms with E-state index in [0.29, 0.717) is 6.42 Å². The summed E-state index contributed by atoms with van der Waals surface area (Å²) in [6.45, 7) is 1.69. The molecule has 0 aromatic carbocycles. The van der Waals surface area contributed by atoms with Crippen LogP contribution in [0.5, 0.6) is 0 Å². The van der Waals surface area contributed by atoms with E-state index in [9.17, 15) is 0 Å². The van der Waals surface area contributed by atoms with Crippen molar-refractivity contribution < 1.29 is 5.11 Å². The number of nitrogens with two attached hydrogens (primary N) is 1. The molecule has 3 N–H and O–H groups in total. The molecule has 0 saturated carbocycles. The average Bonchev–Trinajstić information content (AvgIpc) is 2.06. The normalized spacial score (nSPS) is 15.6. The maximum Gasteiger partial charge on any atom is 0.0666 e. The first-order valence-corrected chi connectivity index (χ1v) is 4.03. The van der Waals surface area contributed by atoms with Gasteiger partial charge in [0, 0.05) is 24.4 Å². The summed E-state index contributed by atoms with van der Waals surface area (Å²) in [6, 6.07) is 5.45. The second-order valence-corrected chi connectivity index (χ2v) is 2.93. The van der Waals surface area contributed by atoms with Gasteiger partial charge < -0.3 is 10.8 Å². The van der Waals surface area contributed by atoms with Crippen LogP contribution >= 0.6 is 0 Å². The van der Waals surface area contributed by atoms with Gasteiger partial charge in [0.05, 0.1) is 6.10 Å². The molecule has 0 amide bonds. The van der Waals surface area contributed by atoms with Crippen molar-refractivity contribution in [3.05, 3.63) is 30.1 Å². The zero-order chi connectivity index (χ0) is 8.97.